The first-order chi connectivity index (χ1) is 52.5. The fraction of sp³-hybridized carbons (Fsp3) is 0. The molecule has 0 atom stereocenters. The Hall–Kier alpha value is -14.3. The van der Waals surface area contributed by atoms with Crippen molar-refractivity contribution in [3.8, 4) is 119 Å². The largest absolute Gasteiger partial charge is 0.311 e. The zero-order chi connectivity index (χ0) is 70.0. The Balaban J connectivity index is 0.779. The summed E-state index contributed by atoms with van der Waals surface area (Å²) in [6.07, 6.45) is 0. The minimum Gasteiger partial charge on any atom is -0.311 e. The number of anilines is 6. The van der Waals surface area contributed by atoms with E-state index in [1.54, 1.807) is 0 Å². The first-order valence-corrected chi connectivity index (χ1v) is 35.7. The van der Waals surface area contributed by atoms with E-state index in [0.717, 1.165) is 146 Å². The zero-order valence-corrected chi connectivity index (χ0v) is 57.3. The van der Waals surface area contributed by atoms with Gasteiger partial charge in [0.15, 0.2) is 29.1 Å². The topological polar surface area (TPSA) is 102 Å². The third kappa shape index (κ3) is 10.9. The molecule has 0 N–H and O–H groups in total. The highest BCUT2D eigenvalue weighted by Gasteiger charge is 2.43. The summed E-state index contributed by atoms with van der Waals surface area (Å²) in [7, 11) is 0. The predicted molar refractivity (Wildman–Crippen MR) is 434 cm³/mol. The Morgan fingerprint density at radius 3 is 1.09 bits per heavy atom. The van der Waals surface area contributed by atoms with Crippen molar-refractivity contribution >= 4 is 79.0 Å². The third-order valence-corrected chi connectivity index (χ3v) is 20.5. The third-order valence-electron chi connectivity index (χ3n) is 20.5. The van der Waals surface area contributed by atoms with Gasteiger partial charge in [-0.15, -0.1) is 0 Å². The number of nitrogens with zero attached hydrogens (tertiary/aromatic N) is 10. The molecule has 11 heteroatoms. The highest BCUT2D eigenvalue weighted by molar-refractivity contribution is 7.00. The molecule has 2 aliphatic rings. The second-order valence-corrected chi connectivity index (χ2v) is 26.8. The molecule has 18 aromatic rings. The van der Waals surface area contributed by atoms with Crippen molar-refractivity contribution in [1.29, 1.82) is 0 Å². The van der Waals surface area contributed by atoms with E-state index in [1.165, 1.54) is 16.4 Å². The molecule has 6 heterocycles. The van der Waals surface area contributed by atoms with Crippen LogP contribution in [0.4, 0.5) is 34.1 Å². The van der Waals surface area contributed by atoms with E-state index < -0.39 is 0 Å². The maximum absolute atomic E-state index is 5.76. The summed E-state index contributed by atoms with van der Waals surface area (Å²) in [4.78, 5) is 42.2. The first-order valence-electron chi connectivity index (χ1n) is 35.7. The maximum Gasteiger partial charge on any atom is 0.252 e. The van der Waals surface area contributed by atoms with Gasteiger partial charge in [-0.1, -0.05) is 273 Å². The Bertz CT molecular complexity index is 6160. The van der Waals surface area contributed by atoms with Crippen LogP contribution in [0.3, 0.4) is 0 Å². The van der Waals surface area contributed by atoms with Crippen LogP contribution in [0.2, 0.25) is 0 Å². The number of benzene rings is 14. The van der Waals surface area contributed by atoms with Crippen molar-refractivity contribution in [2.75, 3.05) is 9.80 Å². The fourth-order valence-corrected chi connectivity index (χ4v) is 15.5. The first kappa shape index (κ1) is 61.6. The summed E-state index contributed by atoms with van der Waals surface area (Å²) in [5, 5.41) is 2.10. The molecule has 0 bridgehead atoms. The monoisotopic (exact) mass is 1350 g/mol. The molecule has 20 rings (SSSR count). The van der Waals surface area contributed by atoms with Gasteiger partial charge in [0.05, 0.1) is 39.5 Å². The number of rotatable bonds is 13. The van der Waals surface area contributed by atoms with Gasteiger partial charge in [0.2, 0.25) is 0 Å². The maximum atomic E-state index is 5.76. The van der Waals surface area contributed by atoms with Gasteiger partial charge >= 0.3 is 0 Å². The summed E-state index contributed by atoms with van der Waals surface area (Å²) in [5.74, 6) is 2.98. The van der Waals surface area contributed by atoms with Crippen LogP contribution in [0, 0.1) is 0 Å². The second kappa shape index (κ2) is 26.0. The number of hydrogen-bond donors (Lipinski definition) is 0. The van der Waals surface area contributed by atoms with Crippen LogP contribution in [0.5, 0.6) is 0 Å². The zero-order valence-electron chi connectivity index (χ0n) is 57.3. The number of para-hydroxylation sites is 5. The van der Waals surface area contributed by atoms with Crippen molar-refractivity contribution in [2.24, 2.45) is 0 Å². The Morgan fingerprint density at radius 2 is 0.575 bits per heavy atom. The van der Waals surface area contributed by atoms with Crippen molar-refractivity contribution in [3.05, 3.63) is 370 Å². The minimum atomic E-state index is -0.00316. The van der Waals surface area contributed by atoms with Gasteiger partial charge in [-0.25, -0.2) is 34.9 Å². The molecular weight excluding hydrogens is 1290 g/mol. The van der Waals surface area contributed by atoms with Crippen LogP contribution in [0.1, 0.15) is 0 Å². The fourth-order valence-electron chi connectivity index (χ4n) is 15.5. The number of aromatic nitrogens is 8. The lowest BCUT2D eigenvalue weighted by atomic mass is 9.33. The van der Waals surface area contributed by atoms with Crippen LogP contribution in [-0.2, 0) is 0 Å². The van der Waals surface area contributed by atoms with Gasteiger partial charge in [0, 0.05) is 95.0 Å². The molecule has 494 valence electrons. The number of fused-ring (bicyclic) bond motifs is 7. The van der Waals surface area contributed by atoms with Crippen molar-refractivity contribution in [3.63, 3.8) is 0 Å². The highest BCUT2D eigenvalue weighted by atomic mass is 15.2. The van der Waals surface area contributed by atoms with E-state index >= 15 is 0 Å². The SMILES string of the molecule is c1ccc(-c2cc(-c3ccc(-n4c5ccccc5c5cc(-c6nc(-c7ccccc7)nc(-c7ccccc7)n6)ccc54)c(-c4cc(-c5ccccc5)nc(-c5ccc(-c6cc7c8c(c6)N(c6ccccc6)c6ccccc6B8c6ccccc6N7c6ccccc6)cc5)n4)c3)nc(-c3ccccc3)n2)cc1. The molecule has 0 unspecified atom stereocenters. The van der Waals surface area contributed by atoms with Crippen LogP contribution < -0.4 is 26.2 Å². The van der Waals surface area contributed by atoms with Crippen molar-refractivity contribution in [2.45, 2.75) is 0 Å². The molecule has 0 amide bonds. The molecule has 0 aliphatic carbocycles. The Morgan fingerprint density at radius 1 is 0.208 bits per heavy atom. The minimum absolute atomic E-state index is 0.00316. The summed E-state index contributed by atoms with van der Waals surface area (Å²) in [5.41, 5.74) is 26.9. The summed E-state index contributed by atoms with van der Waals surface area (Å²) in [6.45, 7) is -0.00316. The molecule has 14 aromatic carbocycles. The Labute approximate surface area is 613 Å². The number of hydrogen-bond acceptors (Lipinski definition) is 9. The van der Waals surface area contributed by atoms with E-state index in [0.29, 0.717) is 29.1 Å². The second-order valence-electron chi connectivity index (χ2n) is 26.8. The molecule has 106 heavy (non-hydrogen) atoms. The van der Waals surface area contributed by atoms with E-state index in [-0.39, 0.29) is 6.71 Å². The lowest BCUT2D eigenvalue weighted by Gasteiger charge is -2.44. The molecular formula is C95H61BN10. The molecule has 2 aliphatic heterocycles. The predicted octanol–water partition coefficient (Wildman–Crippen LogP) is 21.3. The Kier molecular flexibility index (Phi) is 15.1. The average molecular weight is 1350 g/mol. The lowest BCUT2D eigenvalue weighted by molar-refractivity contribution is 1.07. The molecule has 10 nitrogen and oxygen atoms in total. The molecule has 0 radical (unpaired) electrons. The van der Waals surface area contributed by atoms with Crippen molar-refractivity contribution in [1.82, 2.24) is 39.5 Å². The van der Waals surface area contributed by atoms with Crippen LogP contribution in [0.15, 0.2) is 370 Å². The van der Waals surface area contributed by atoms with Crippen molar-refractivity contribution < 1.29 is 0 Å². The van der Waals surface area contributed by atoms with E-state index in [2.05, 4.69) is 293 Å². The summed E-state index contributed by atoms with van der Waals surface area (Å²) in [6, 6.07) is 130. The van der Waals surface area contributed by atoms with Gasteiger partial charge in [-0.3, -0.25) is 0 Å². The van der Waals surface area contributed by atoms with E-state index in [1.807, 2.05) is 91.0 Å². The van der Waals surface area contributed by atoms with Gasteiger partial charge in [0.1, 0.15) is 0 Å². The average Bonchev–Trinajstić information content (AvgIpc) is 0.843. The lowest BCUT2D eigenvalue weighted by Crippen LogP contribution is -2.61. The molecule has 0 saturated heterocycles. The molecule has 0 fully saturated rings. The summed E-state index contributed by atoms with van der Waals surface area (Å²) < 4.78 is 2.37. The smallest absolute Gasteiger partial charge is 0.252 e. The molecule has 0 saturated carbocycles. The quantitative estimate of drug-likeness (QED) is 0.104. The normalized spacial score (nSPS) is 12.1. The van der Waals surface area contributed by atoms with Gasteiger partial charge in [-0.05, 0) is 125 Å². The van der Waals surface area contributed by atoms with Gasteiger partial charge in [0.25, 0.3) is 6.71 Å². The van der Waals surface area contributed by atoms with E-state index in [4.69, 9.17) is 34.9 Å². The van der Waals surface area contributed by atoms with Gasteiger partial charge in [-0.2, -0.15) is 0 Å². The molecule has 0 spiro atoms. The van der Waals surface area contributed by atoms with Crippen LogP contribution in [-0.4, -0.2) is 46.2 Å². The van der Waals surface area contributed by atoms with E-state index in [9.17, 15) is 0 Å². The van der Waals surface area contributed by atoms with Crippen LogP contribution >= 0.6 is 0 Å². The van der Waals surface area contributed by atoms with Crippen LogP contribution in [0.25, 0.3) is 141 Å². The standard InChI is InChI=1S/C95H61BN10/c1-8-28-63(29-9-1)79-60-81(99-91(97-79)65-32-12-3-13-33-65)69-52-54-85(106-83-45-25-22-42-74(83)75-57-70(53-55-84(75)106)95-102-93(66-34-14-4-15-35-66)101-94(103-95)67-36-16-5-17-37-67)76(56-69)82-61-80(64-30-10-2-11-31-64)98-92(100-82)68-50-48-62(49-51-68)71-58-88-90-89(59-71)105(73-40-20-7-21-41-73)87-47-27-24-44-78(87)96(90)77-43-23-26-46-86(77)104(88)72-38-18-6-19-39-72/h1-61H. The molecule has 4 aromatic heterocycles. The summed E-state index contributed by atoms with van der Waals surface area (Å²) >= 11 is 0. The highest BCUT2D eigenvalue weighted by Crippen LogP contribution is 2.47. The van der Waals surface area contributed by atoms with Gasteiger partial charge < -0.3 is 14.4 Å².